The van der Waals surface area contributed by atoms with Gasteiger partial charge in [0, 0.05) is 32.3 Å². The van der Waals surface area contributed by atoms with E-state index in [0.717, 1.165) is 38.2 Å². The summed E-state index contributed by atoms with van der Waals surface area (Å²) < 4.78 is 5.52. The third-order valence-corrected chi connectivity index (χ3v) is 6.87. The van der Waals surface area contributed by atoms with E-state index in [1.807, 2.05) is 25.1 Å². The third-order valence-electron chi connectivity index (χ3n) is 6.87. The van der Waals surface area contributed by atoms with E-state index in [1.54, 1.807) is 11.1 Å². The van der Waals surface area contributed by atoms with Crippen LogP contribution in [0.15, 0.2) is 24.4 Å². The van der Waals surface area contributed by atoms with Crippen molar-refractivity contribution in [1.29, 1.82) is 0 Å². The number of ether oxygens (including phenoxy) is 1. The number of aliphatic hydroxyl groups excluding tert-OH is 2. The topological polar surface area (TPSA) is 103 Å². The Kier molecular flexibility index (Phi) is 9.02. The number of likely N-dealkylation sites (tertiary alicyclic amines) is 1. The normalized spacial score (nSPS) is 26.0. The van der Waals surface area contributed by atoms with Gasteiger partial charge in [-0.05, 0) is 57.3 Å². The molecule has 1 amide bonds. The monoisotopic (exact) mass is 447 g/mol. The minimum absolute atomic E-state index is 0.0476. The number of esters is 1. The zero-order chi connectivity index (χ0) is 23.0. The first-order valence-electron chi connectivity index (χ1n) is 11.9. The number of hydrogen-bond donors (Lipinski definition) is 2. The van der Waals surface area contributed by atoms with Crippen LogP contribution < -0.4 is 0 Å². The summed E-state index contributed by atoms with van der Waals surface area (Å²) in [4.78, 5) is 33.9. The van der Waals surface area contributed by atoms with Crippen molar-refractivity contribution in [3.63, 3.8) is 0 Å². The SMILES string of the molecule is CCC(=O)N1CCCCC2(CCN(Cc3ccccn3)CC2)C(=O)OC[C@@H](O)[C@@H](O)CC1. The fourth-order valence-corrected chi connectivity index (χ4v) is 4.67. The van der Waals surface area contributed by atoms with E-state index in [9.17, 15) is 19.8 Å². The number of hydrogen-bond acceptors (Lipinski definition) is 7. The largest absolute Gasteiger partial charge is 0.462 e. The molecule has 2 aliphatic rings. The summed E-state index contributed by atoms with van der Waals surface area (Å²) in [5, 5.41) is 20.6. The van der Waals surface area contributed by atoms with Gasteiger partial charge in [-0.25, -0.2) is 0 Å². The Morgan fingerprint density at radius 1 is 1.12 bits per heavy atom. The van der Waals surface area contributed by atoms with Crippen LogP contribution in [-0.4, -0.2) is 81.9 Å². The van der Waals surface area contributed by atoms with Crippen molar-refractivity contribution in [1.82, 2.24) is 14.8 Å². The smallest absolute Gasteiger partial charge is 0.312 e. The Balaban J connectivity index is 1.66. The highest BCUT2D eigenvalue weighted by atomic mass is 16.5. The fraction of sp³-hybridized carbons (Fsp3) is 0.708. The number of rotatable bonds is 3. The van der Waals surface area contributed by atoms with Crippen molar-refractivity contribution < 1.29 is 24.5 Å². The van der Waals surface area contributed by atoms with Gasteiger partial charge in [0.2, 0.25) is 5.91 Å². The summed E-state index contributed by atoms with van der Waals surface area (Å²) in [6.07, 6.45) is 3.99. The van der Waals surface area contributed by atoms with Crippen molar-refractivity contribution in [2.75, 3.05) is 32.8 Å². The predicted octanol–water partition coefficient (Wildman–Crippen LogP) is 1.74. The van der Waals surface area contributed by atoms with Crippen LogP contribution in [0.1, 0.15) is 57.6 Å². The molecule has 32 heavy (non-hydrogen) atoms. The molecule has 0 saturated carbocycles. The Morgan fingerprint density at radius 2 is 1.91 bits per heavy atom. The van der Waals surface area contributed by atoms with Crippen LogP contribution in [0.2, 0.25) is 0 Å². The van der Waals surface area contributed by atoms with Crippen LogP contribution >= 0.6 is 0 Å². The number of nitrogens with zero attached hydrogens (tertiary/aromatic N) is 3. The summed E-state index contributed by atoms with van der Waals surface area (Å²) in [7, 11) is 0. The van der Waals surface area contributed by atoms with Crippen LogP contribution in [0, 0.1) is 5.41 Å². The lowest BCUT2D eigenvalue weighted by Crippen LogP contribution is -2.46. The van der Waals surface area contributed by atoms with Crippen LogP contribution in [0.25, 0.3) is 0 Å². The molecule has 0 aromatic carbocycles. The summed E-state index contributed by atoms with van der Waals surface area (Å²) in [5.74, 6) is -0.228. The van der Waals surface area contributed by atoms with Crippen molar-refractivity contribution in [3.05, 3.63) is 30.1 Å². The van der Waals surface area contributed by atoms with Crippen LogP contribution in [0.5, 0.6) is 0 Å². The van der Waals surface area contributed by atoms with Crippen molar-refractivity contribution in [2.45, 2.75) is 70.6 Å². The predicted molar refractivity (Wildman–Crippen MR) is 119 cm³/mol. The lowest BCUT2D eigenvalue weighted by molar-refractivity contribution is -0.165. The zero-order valence-electron chi connectivity index (χ0n) is 19.1. The standard InChI is InChI=1S/C24H37N3O5/c1-2-22(30)27-13-6-4-9-24(23(31)32-18-21(29)20(28)8-14-27)10-15-26(16-11-24)17-19-7-3-5-12-25-19/h3,5,7,12,20-21,28-29H,2,4,6,8-11,13-18H2,1H3/t20-,21+/m0/s1. The minimum Gasteiger partial charge on any atom is -0.462 e. The molecule has 8 heteroatoms. The highest BCUT2D eigenvalue weighted by Crippen LogP contribution is 2.38. The number of piperidine rings is 1. The number of aliphatic hydroxyl groups is 2. The second-order valence-corrected chi connectivity index (χ2v) is 9.09. The van der Waals surface area contributed by atoms with Crippen LogP contribution in [0.3, 0.4) is 0 Å². The number of cyclic esters (lactones) is 1. The first-order valence-corrected chi connectivity index (χ1v) is 11.9. The van der Waals surface area contributed by atoms with E-state index < -0.39 is 17.6 Å². The molecule has 1 aromatic rings. The quantitative estimate of drug-likeness (QED) is 0.681. The average molecular weight is 448 g/mol. The van der Waals surface area contributed by atoms with Gasteiger partial charge in [-0.1, -0.05) is 19.4 Å². The van der Waals surface area contributed by atoms with E-state index >= 15 is 0 Å². The molecule has 0 aliphatic carbocycles. The highest BCUT2D eigenvalue weighted by Gasteiger charge is 2.42. The molecule has 2 fully saturated rings. The number of carbonyl (C=O) groups excluding carboxylic acids is 2. The van der Waals surface area contributed by atoms with Gasteiger partial charge in [-0.2, -0.15) is 0 Å². The zero-order valence-corrected chi connectivity index (χ0v) is 19.1. The van der Waals surface area contributed by atoms with Gasteiger partial charge < -0.3 is 19.8 Å². The molecule has 3 heterocycles. The molecule has 0 radical (unpaired) electrons. The lowest BCUT2D eigenvalue weighted by Gasteiger charge is -2.40. The molecule has 8 nitrogen and oxygen atoms in total. The van der Waals surface area contributed by atoms with Crippen LogP contribution in [0.4, 0.5) is 0 Å². The summed E-state index contributed by atoms with van der Waals surface area (Å²) in [6.45, 7) is 4.91. The summed E-state index contributed by atoms with van der Waals surface area (Å²) >= 11 is 0. The molecule has 0 unspecified atom stereocenters. The van der Waals surface area contributed by atoms with E-state index in [0.29, 0.717) is 38.8 Å². The molecule has 1 aromatic heterocycles. The number of aromatic nitrogens is 1. The molecule has 2 atom stereocenters. The van der Waals surface area contributed by atoms with E-state index in [4.69, 9.17) is 4.74 Å². The molecular weight excluding hydrogens is 410 g/mol. The van der Waals surface area contributed by atoms with E-state index in [1.165, 1.54) is 0 Å². The molecule has 3 rings (SSSR count). The van der Waals surface area contributed by atoms with Gasteiger partial charge in [0.1, 0.15) is 12.7 Å². The molecule has 2 saturated heterocycles. The van der Waals surface area contributed by atoms with Gasteiger partial charge in [0.15, 0.2) is 0 Å². The highest BCUT2D eigenvalue weighted by molar-refractivity contribution is 5.77. The number of amides is 1. The third kappa shape index (κ3) is 6.49. The lowest BCUT2D eigenvalue weighted by atomic mass is 9.74. The fourth-order valence-electron chi connectivity index (χ4n) is 4.67. The Bertz CT molecular complexity index is 736. The number of carbonyl (C=O) groups is 2. The second-order valence-electron chi connectivity index (χ2n) is 9.09. The van der Waals surface area contributed by atoms with Crippen molar-refractivity contribution in [3.8, 4) is 0 Å². The maximum Gasteiger partial charge on any atom is 0.312 e. The number of pyridine rings is 1. The second kappa shape index (κ2) is 11.7. The van der Waals surface area contributed by atoms with Gasteiger partial charge in [-0.15, -0.1) is 0 Å². The Hall–Kier alpha value is -2.03. The molecular formula is C24H37N3O5. The average Bonchev–Trinajstić information content (AvgIpc) is 2.83. The van der Waals surface area contributed by atoms with Gasteiger partial charge in [0.05, 0.1) is 17.2 Å². The van der Waals surface area contributed by atoms with E-state index in [-0.39, 0.29) is 24.9 Å². The maximum atomic E-state index is 13.1. The first-order chi connectivity index (χ1) is 15.4. The summed E-state index contributed by atoms with van der Waals surface area (Å²) in [6, 6.07) is 5.89. The summed E-state index contributed by atoms with van der Waals surface area (Å²) in [5.41, 5.74) is 0.428. The Morgan fingerprint density at radius 3 is 2.59 bits per heavy atom. The molecule has 1 spiro atoms. The molecule has 0 bridgehead atoms. The van der Waals surface area contributed by atoms with Gasteiger partial charge in [0.25, 0.3) is 0 Å². The maximum absolute atomic E-state index is 13.1. The molecule has 178 valence electrons. The van der Waals surface area contributed by atoms with Gasteiger partial charge in [-0.3, -0.25) is 19.5 Å². The first kappa shape index (κ1) is 24.6. The van der Waals surface area contributed by atoms with Crippen LogP contribution in [-0.2, 0) is 20.9 Å². The minimum atomic E-state index is -1.15. The van der Waals surface area contributed by atoms with Crippen molar-refractivity contribution in [2.24, 2.45) is 5.41 Å². The Labute approximate surface area is 190 Å². The molecule has 2 aliphatic heterocycles. The van der Waals surface area contributed by atoms with Crippen molar-refractivity contribution >= 4 is 11.9 Å². The van der Waals surface area contributed by atoms with E-state index in [2.05, 4.69) is 9.88 Å². The molecule has 2 N–H and O–H groups in total. The van der Waals surface area contributed by atoms with Gasteiger partial charge >= 0.3 is 5.97 Å².